The molecule has 0 saturated carbocycles. The predicted molar refractivity (Wildman–Crippen MR) is 76.6 cm³/mol. The molecular weight excluding hydrogens is 266 g/mol. The lowest BCUT2D eigenvalue weighted by atomic mass is 9.90. The molecule has 19 heavy (non-hydrogen) atoms. The number of hydrogen-bond donors (Lipinski definition) is 2. The van der Waals surface area contributed by atoms with Crippen LogP contribution in [0.1, 0.15) is 30.1 Å². The van der Waals surface area contributed by atoms with Crippen molar-refractivity contribution in [3.63, 3.8) is 0 Å². The van der Waals surface area contributed by atoms with Crippen molar-refractivity contribution in [3.8, 4) is 0 Å². The van der Waals surface area contributed by atoms with Crippen molar-refractivity contribution in [3.05, 3.63) is 34.2 Å². The van der Waals surface area contributed by atoms with Gasteiger partial charge in [0.1, 0.15) is 0 Å². The number of H-pyrrole nitrogens is 1. The van der Waals surface area contributed by atoms with Gasteiger partial charge in [0.15, 0.2) is 0 Å². The summed E-state index contributed by atoms with van der Waals surface area (Å²) in [5.74, 6) is 0.317. The van der Waals surface area contributed by atoms with Gasteiger partial charge in [-0.15, -0.1) is 12.4 Å². The lowest BCUT2D eigenvalue weighted by Crippen LogP contribution is -2.51. The molecule has 1 amide bonds. The summed E-state index contributed by atoms with van der Waals surface area (Å²) in [4.78, 5) is 27.9. The molecule has 1 saturated heterocycles. The van der Waals surface area contributed by atoms with Crippen LogP contribution in [0.25, 0.3) is 0 Å². The molecule has 1 aliphatic heterocycles. The van der Waals surface area contributed by atoms with Gasteiger partial charge in [0, 0.05) is 37.0 Å². The van der Waals surface area contributed by atoms with E-state index in [2.05, 4.69) is 11.9 Å². The predicted octanol–water partition coefficient (Wildman–Crippen LogP) is 0.996. The van der Waals surface area contributed by atoms with Crippen molar-refractivity contribution in [2.45, 2.75) is 25.8 Å². The Balaban J connectivity index is 0.00000180. The van der Waals surface area contributed by atoms with Crippen LogP contribution >= 0.6 is 12.4 Å². The maximum Gasteiger partial charge on any atom is 0.254 e. The monoisotopic (exact) mass is 285 g/mol. The fourth-order valence-electron chi connectivity index (χ4n) is 2.60. The zero-order valence-corrected chi connectivity index (χ0v) is 11.8. The molecule has 0 aromatic carbocycles. The Morgan fingerprint density at radius 3 is 2.95 bits per heavy atom. The SMILES string of the molecule is CC1CCCN(C(=O)c2cc[nH]c(=O)c2)C1CN.Cl. The van der Waals surface area contributed by atoms with Crippen LogP contribution in [0.5, 0.6) is 0 Å². The molecule has 1 aromatic rings. The molecular formula is C13H20ClN3O2. The van der Waals surface area contributed by atoms with Gasteiger partial charge in [-0.1, -0.05) is 6.92 Å². The molecule has 2 unspecified atom stereocenters. The minimum atomic E-state index is -0.254. The second-order valence-corrected chi connectivity index (χ2v) is 4.86. The van der Waals surface area contributed by atoms with Gasteiger partial charge < -0.3 is 15.6 Å². The Kier molecular flexibility index (Phi) is 5.57. The zero-order chi connectivity index (χ0) is 13.1. The van der Waals surface area contributed by atoms with Crippen molar-refractivity contribution in [1.82, 2.24) is 9.88 Å². The summed E-state index contributed by atoms with van der Waals surface area (Å²) in [6.07, 6.45) is 3.59. The number of likely N-dealkylation sites (tertiary alicyclic amines) is 1. The third-order valence-electron chi connectivity index (χ3n) is 3.64. The van der Waals surface area contributed by atoms with Crippen LogP contribution in [0, 0.1) is 5.92 Å². The first-order chi connectivity index (χ1) is 8.63. The fraction of sp³-hybridized carbons (Fsp3) is 0.538. The van der Waals surface area contributed by atoms with Gasteiger partial charge in [-0.25, -0.2) is 0 Å². The van der Waals surface area contributed by atoms with E-state index in [0.29, 0.717) is 18.0 Å². The Bertz CT molecular complexity index is 489. The zero-order valence-electron chi connectivity index (χ0n) is 11.0. The summed E-state index contributed by atoms with van der Waals surface area (Å²) in [7, 11) is 0. The number of piperidine rings is 1. The Morgan fingerprint density at radius 1 is 1.58 bits per heavy atom. The topological polar surface area (TPSA) is 79.2 Å². The standard InChI is InChI=1S/C13H19N3O2.ClH/c1-9-3-2-6-16(11(9)8-14)13(18)10-4-5-15-12(17)7-10;/h4-5,7,9,11H,2-3,6,8,14H2,1H3,(H,15,17);1H. The summed E-state index contributed by atoms with van der Waals surface area (Å²) in [6, 6.07) is 3.05. The van der Waals surface area contributed by atoms with E-state index >= 15 is 0 Å². The molecule has 0 spiro atoms. The highest BCUT2D eigenvalue weighted by molar-refractivity contribution is 5.94. The third-order valence-corrected chi connectivity index (χ3v) is 3.64. The van der Waals surface area contributed by atoms with Crippen LogP contribution in [0.4, 0.5) is 0 Å². The van der Waals surface area contributed by atoms with E-state index < -0.39 is 0 Å². The van der Waals surface area contributed by atoms with E-state index in [0.717, 1.165) is 19.4 Å². The first kappa shape index (κ1) is 15.7. The highest BCUT2D eigenvalue weighted by atomic mass is 35.5. The molecule has 0 bridgehead atoms. The normalized spacial score (nSPS) is 22.7. The van der Waals surface area contributed by atoms with E-state index in [4.69, 9.17) is 5.73 Å². The maximum atomic E-state index is 12.4. The molecule has 2 rings (SSSR count). The molecule has 1 aromatic heterocycles. The summed E-state index contributed by atoms with van der Waals surface area (Å²) in [5, 5.41) is 0. The van der Waals surface area contributed by atoms with Crippen LogP contribution in [-0.4, -0.2) is 34.9 Å². The fourth-order valence-corrected chi connectivity index (χ4v) is 2.60. The van der Waals surface area contributed by atoms with Crippen LogP contribution in [0.15, 0.2) is 23.1 Å². The number of amides is 1. The summed E-state index contributed by atoms with van der Waals surface area (Å²) < 4.78 is 0. The summed E-state index contributed by atoms with van der Waals surface area (Å²) in [6.45, 7) is 3.31. The van der Waals surface area contributed by atoms with Gasteiger partial charge in [0.25, 0.3) is 5.91 Å². The molecule has 1 fully saturated rings. The first-order valence-corrected chi connectivity index (χ1v) is 6.33. The Morgan fingerprint density at radius 2 is 2.32 bits per heavy atom. The second kappa shape index (κ2) is 6.73. The number of halogens is 1. The van der Waals surface area contributed by atoms with Gasteiger partial charge in [-0.2, -0.15) is 0 Å². The third kappa shape index (κ3) is 3.36. The summed E-state index contributed by atoms with van der Waals surface area (Å²) in [5.41, 5.74) is 5.95. The number of carbonyl (C=O) groups excluding carboxylic acids is 1. The highest BCUT2D eigenvalue weighted by Crippen LogP contribution is 2.23. The average Bonchev–Trinajstić information content (AvgIpc) is 2.37. The van der Waals surface area contributed by atoms with Gasteiger partial charge in [0.2, 0.25) is 5.56 Å². The van der Waals surface area contributed by atoms with Crippen molar-refractivity contribution >= 4 is 18.3 Å². The molecule has 1 aliphatic rings. The van der Waals surface area contributed by atoms with Gasteiger partial charge in [-0.05, 0) is 24.8 Å². The van der Waals surface area contributed by atoms with Crippen LogP contribution in [-0.2, 0) is 0 Å². The summed E-state index contributed by atoms with van der Waals surface area (Å²) >= 11 is 0. The van der Waals surface area contributed by atoms with Gasteiger partial charge in [-0.3, -0.25) is 9.59 Å². The number of pyridine rings is 1. The van der Waals surface area contributed by atoms with E-state index in [-0.39, 0.29) is 29.9 Å². The molecule has 0 aliphatic carbocycles. The van der Waals surface area contributed by atoms with E-state index in [1.165, 1.54) is 12.3 Å². The number of rotatable bonds is 2. The van der Waals surface area contributed by atoms with E-state index in [1.54, 1.807) is 6.07 Å². The lowest BCUT2D eigenvalue weighted by molar-refractivity contribution is 0.0532. The van der Waals surface area contributed by atoms with Crippen LogP contribution in [0.2, 0.25) is 0 Å². The second-order valence-electron chi connectivity index (χ2n) is 4.86. The molecule has 106 valence electrons. The molecule has 2 heterocycles. The van der Waals surface area contributed by atoms with Crippen LogP contribution < -0.4 is 11.3 Å². The number of aromatic amines is 1. The van der Waals surface area contributed by atoms with Crippen molar-refractivity contribution in [2.24, 2.45) is 11.7 Å². The maximum absolute atomic E-state index is 12.4. The minimum absolute atomic E-state index is 0. The largest absolute Gasteiger partial charge is 0.334 e. The van der Waals surface area contributed by atoms with Crippen molar-refractivity contribution < 1.29 is 4.79 Å². The number of hydrogen-bond acceptors (Lipinski definition) is 3. The minimum Gasteiger partial charge on any atom is -0.334 e. The number of carbonyl (C=O) groups is 1. The number of aromatic nitrogens is 1. The highest BCUT2D eigenvalue weighted by Gasteiger charge is 2.31. The van der Waals surface area contributed by atoms with Crippen LogP contribution in [0.3, 0.4) is 0 Å². The Labute approximate surface area is 118 Å². The van der Waals surface area contributed by atoms with Gasteiger partial charge >= 0.3 is 0 Å². The number of nitrogens with two attached hydrogens (primary N) is 1. The first-order valence-electron chi connectivity index (χ1n) is 6.33. The van der Waals surface area contributed by atoms with Crippen molar-refractivity contribution in [2.75, 3.05) is 13.1 Å². The quantitative estimate of drug-likeness (QED) is 0.851. The average molecular weight is 286 g/mol. The molecule has 0 radical (unpaired) electrons. The number of nitrogens with one attached hydrogen (secondary N) is 1. The molecule has 6 heteroatoms. The molecule has 5 nitrogen and oxygen atoms in total. The molecule has 2 atom stereocenters. The van der Waals surface area contributed by atoms with Gasteiger partial charge in [0.05, 0.1) is 0 Å². The lowest BCUT2D eigenvalue weighted by Gasteiger charge is -2.39. The van der Waals surface area contributed by atoms with Crippen molar-refractivity contribution in [1.29, 1.82) is 0 Å². The van der Waals surface area contributed by atoms with E-state index in [1.807, 2.05) is 4.90 Å². The van der Waals surface area contributed by atoms with E-state index in [9.17, 15) is 9.59 Å². The number of nitrogens with zero attached hydrogens (tertiary/aromatic N) is 1. The Hall–Kier alpha value is -1.33. The molecule has 3 N–H and O–H groups in total. The smallest absolute Gasteiger partial charge is 0.254 e.